The normalized spacial score (nSPS) is 17.6. The Morgan fingerprint density at radius 2 is 1.96 bits per heavy atom. The molecule has 1 amide bonds. The highest BCUT2D eigenvalue weighted by atomic mass is 32.1. The first kappa shape index (κ1) is 16.0. The minimum Gasteiger partial charge on any atom is -0.338 e. The predicted octanol–water partition coefficient (Wildman–Crippen LogP) is 4.03. The SMILES string of the molecule is O=C(c1ccccn1)C1CCCN(C(=O)c2csc3ccccc23)C1. The summed E-state index contributed by atoms with van der Waals surface area (Å²) in [6.07, 6.45) is 3.29. The van der Waals surface area contributed by atoms with Gasteiger partial charge in [-0.25, -0.2) is 0 Å². The van der Waals surface area contributed by atoms with Gasteiger partial charge in [-0.1, -0.05) is 24.3 Å². The maximum absolute atomic E-state index is 13.0. The van der Waals surface area contributed by atoms with Gasteiger partial charge in [0.25, 0.3) is 5.91 Å². The molecule has 0 radical (unpaired) electrons. The first-order chi connectivity index (χ1) is 12.2. The van der Waals surface area contributed by atoms with Crippen molar-refractivity contribution in [3.63, 3.8) is 0 Å². The number of likely N-dealkylation sites (tertiary alicyclic amines) is 1. The lowest BCUT2D eigenvalue weighted by Gasteiger charge is -2.31. The van der Waals surface area contributed by atoms with E-state index in [4.69, 9.17) is 0 Å². The van der Waals surface area contributed by atoms with E-state index in [9.17, 15) is 9.59 Å². The molecule has 1 saturated heterocycles. The van der Waals surface area contributed by atoms with Crippen LogP contribution >= 0.6 is 11.3 Å². The molecule has 3 aromatic rings. The highest BCUT2D eigenvalue weighted by Crippen LogP contribution is 2.28. The average Bonchev–Trinajstić information content (AvgIpc) is 3.12. The van der Waals surface area contributed by atoms with Gasteiger partial charge in [-0.2, -0.15) is 0 Å². The number of carbonyl (C=O) groups is 2. The molecule has 0 N–H and O–H groups in total. The molecule has 5 heteroatoms. The van der Waals surface area contributed by atoms with Crippen molar-refractivity contribution < 1.29 is 9.59 Å². The summed E-state index contributed by atoms with van der Waals surface area (Å²) in [5.41, 5.74) is 1.23. The lowest BCUT2D eigenvalue weighted by atomic mass is 9.91. The van der Waals surface area contributed by atoms with Crippen LogP contribution in [0.1, 0.15) is 33.7 Å². The number of hydrogen-bond acceptors (Lipinski definition) is 4. The Morgan fingerprint density at radius 1 is 1.12 bits per heavy atom. The van der Waals surface area contributed by atoms with Crippen LogP contribution < -0.4 is 0 Å². The van der Waals surface area contributed by atoms with E-state index < -0.39 is 0 Å². The van der Waals surface area contributed by atoms with E-state index in [2.05, 4.69) is 4.98 Å². The van der Waals surface area contributed by atoms with Crippen LogP contribution in [0.15, 0.2) is 54.0 Å². The number of amides is 1. The molecule has 1 unspecified atom stereocenters. The molecule has 3 heterocycles. The standard InChI is InChI=1S/C20H18N2O2S/c23-19(17-8-3-4-10-21-17)14-6-5-11-22(12-14)20(24)16-13-25-18-9-2-1-7-15(16)18/h1-4,7-10,13-14H,5-6,11-12H2. The van der Waals surface area contributed by atoms with E-state index in [1.54, 1.807) is 29.7 Å². The van der Waals surface area contributed by atoms with Crippen LogP contribution in [0.25, 0.3) is 10.1 Å². The summed E-state index contributed by atoms with van der Waals surface area (Å²) in [5, 5.41) is 2.92. The maximum Gasteiger partial charge on any atom is 0.255 e. The number of piperidine rings is 1. The van der Waals surface area contributed by atoms with Crippen molar-refractivity contribution >= 4 is 33.1 Å². The van der Waals surface area contributed by atoms with Gasteiger partial charge >= 0.3 is 0 Å². The highest BCUT2D eigenvalue weighted by Gasteiger charge is 2.30. The van der Waals surface area contributed by atoms with E-state index in [1.165, 1.54) is 0 Å². The first-order valence-electron chi connectivity index (χ1n) is 8.45. The number of carbonyl (C=O) groups excluding carboxylic acids is 2. The third-order valence-corrected chi connectivity index (χ3v) is 5.67. The van der Waals surface area contributed by atoms with E-state index in [0.717, 1.165) is 28.5 Å². The Morgan fingerprint density at radius 3 is 2.80 bits per heavy atom. The van der Waals surface area contributed by atoms with Gasteiger partial charge in [-0.15, -0.1) is 11.3 Å². The molecule has 0 saturated carbocycles. The number of aromatic nitrogens is 1. The van der Waals surface area contributed by atoms with Gasteiger partial charge < -0.3 is 4.90 Å². The van der Waals surface area contributed by atoms with Crippen LogP contribution in [-0.4, -0.2) is 34.7 Å². The number of benzene rings is 1. The monoisotopic (exact) mass is 350 g/mol. The van der Waals surface area contributed by atoms with E-state index in [1.807, 2.05) is 40.6 Å². The number of Topliss-reactive ketones (excluding diaryl/α,β-unsaturated/α-hetero) is 1. The highest BCUT2D eigenvalue weighted by molar-refractivity contribution is 7.17. The van der Waals surface area contributed by atoms with Crippen molar-refractivity contribution in [3.8, 4) is 0 Å². The zero-order chi connectivity index (χ0) is 17.2. The molecule has 1 atom stereocenters. The van der Waals surface area contributed by atoms with Crippen molar-refractivity contribution in [2.24, 2.45) is 5.92 Å². The van der Waals surface area contributed by atoms with E-state index in [0.29, 0.717) is 18.8 Å². The number of thiophene rings is 1. The predicted molar refractivity (Wildman–Crippen MR) is 99.0 cm³/mol. The quantitative estimate of drug-likeness (QED) is 0.670. The molecule has 1 aromatic carbocycles. The summed E-state index contributed by atoms with van der Waals surface area (Å²) < 4.78 is 1.11. The largest absolute Gasteiger partial charge is 0.338 e. The Hall–Kier alpha value is -2.53. The Bertz CT molecular complexity index is 920. The number of rotatable bonds is 3. The number of pyridine rings is 1. The smallest absolute Gasteiger partial charge is 0.255 e. The van der Waals surface area contributed by atoms with Crippen molar-refractivity contribution in [1.82, 2.24) is 9.88 Å². The van der Waals surface area contributed by atoms with Crippen LogP contribution in [0.3, 0.4) is 0 Å². The molecular weight excluding hydrogens is 332 g/mol. The summed E-state index contributed by atoms with van der Waals surface area (Å²) in [7, 11) is 0. The second-order valence-electron chi connectivity index (χ2n) is 6.32. The zero-order valence-electron chi connectivity index (χ0n) is 13.7. The lowest BCUT2D eigenvalue weighted by Crippen LogP contribution is -2.42. The van der Waals surface area contributed by atoms with E-state index >= 15 is 0 Å². The van der Waals surface area contributed by atoms with Crippen LogP contribution in [-0.2, 0) is 0 Å². The Kier molecular flexibility index (Phi) is 4.32. The van der Waals surface area contributed by atoms with Crippen molar-refractivity contribution in [2.45, 2.75) is 12.8 Å². The van der Waals surface area contributed by atoms with Crippen molar-refractivity contribution in [2.75, 3.05) is 13.1 Å². The minimum absolute atomic E-state index is 0.0240. The van der Waals surface area contributed by atoms with Gasteiger partial charge in [0.2, 0.25) is 0 Å². The summed E-state index contributed by atoms with van der Waals surface area (Å²) in [6, 6.07) is 13.3. The molecule has 4 nitrogen and oxygen atoms in total. The van der Waals surface area contributed by atoms with Crippen molar-refractivity contribution in [1.29, 1.82) is 0 Å². The van der Waals surface area contributed by atoms with E-state index in [-0.39, 0.29) is 17.6 Å². The third-order valence-electron chi connectivity index (χ3n) is 4.71. The molecule has 1 aliphatic heterocycles. The molecule has 25 heavy (non-hydrogen) atoms. The summed E-state index contributed by atoms with van der Waals surface area (Å²) in [6.45, 7) is 1.17. The second kappa shape index (κ2) is 6.76. The molecule has 1 fully saturated rings. The van der Waals surface area contributed by atoms with Crippen LogP contribution in [0, 0.1) is 5.92 Å². The minimum atomic E-state index is -0.169. The fourth-order valence-electron chi connectivity index (χ4n) is 3.41. The summed E-state index contributed by atoms with van der Waals surface area (Å²) in [4.78, 5) is 31.6. The van der Waals surface area contributed by atoms with Gasteiger partial charge in [-0.3, -0.25) is 14.6 Å². The molecule has 2 aromatic heterocycles. The van der Waals surface area contributed by atoms with Gasteiger partial charge in [0, 0.05) is 40.7 Å². The first-order valence-corrected chi connectivity index (χ1v) is 9.33. The zero-order valence-corrected chi connectivity index (χ0v) is 14.5. The van der Waals surface area contributed by atoms with Gasteiger partial charge in [-0.05, 0) is 31.0 Å². The molecule has 0 spiro atoms. The number of nitrogens with zero attached hydrogens (tertiary/aromatic N) is 2. The number of fused-ring (bicyclic) bond motifs is 1. The third kappa shape index (κ3) is 3.07. The fraction of sp³-hybridized carbons (Fsp3) is 0.250. The Balaban J connectivity index is 1.55. The Labute approximate surface area is 150 Å². The van der Waals surface area contributed by atoms with Gasteiger partial charge in [0.15, 0.2) is 5.78 Å². The van der Waals surface area contributed by atoms with Crippen molar-refractivity contribution in [3.05, 3.63) is 65.3 Å². The summed E-state index contributed by atoms with van der Waals surface area (Å²) >= 11 is 1.59. The summed E-state index contributed by atoms with van der Waals surface area (Å²) in [5.74, 6) is -0.109. The number of hydrogen-bond donors (Lipinski definition) is 0. The maximum atomic E-state index is 13.0. The molecule has 4 rings (SSSR count). The lowest BCUT2D eigenvalue weighted by molar-refractivity contribution is 0.0637. The average molecular weight is 350 g/mol. The molecular formula is C20H18N2O2S. The van der Waals surface area contributed by atoms with Gasteiger partial charge in [0.1, 0.15) is 5.69 Å². The molecule has 126 valence electrons. The van der Waals surface area contributed by atoms with Crippen LogP contribution in [0.2, 0.25) is 0 Å². The topological polar surface area (TPSA) is 50.3 Å². The van der Waals surface area contributed by atoms with Crippen LogP contribution in [0.5, 0.6) is 0 Å². The molecule has 0 aliphatic carbocycles. The van der Waals surface area contributed by atoms with Crippen LogP contribution in [0.4, 0.5) is 0 Å². The number of ketones is 1. The van der Waals surface area contributed by atoms with Gasteiger partial charge in [0.05, 0.1) is 5.56 Å². The molecule has 0 bridgehead atoms. The second-order valence-corrected chi connectivity index (χ2v) is 7.23. The molecule has 1 aliphatic rings. The fourth-order valence-corrected chi connectivity index (χ4v) is 4.34.